The largest absolute Gasteiger partial charge is 0.497 e. The molecular weight excluding hydrogens is 430 g/mol. The highest BCUT2D eigenvalue weighted by Crippen LogP contribution is 2.35. The van der Waals surface area contributed by atoms with Gasteiger partial charge in [0.05, 0.1) is 25.5 Å². The molecule has 0 saturated carbocycles. The molecule has 166 valence electrons. The number of hydrogen-bond acceptors (Lipinski definition) is 5. The molecule has 2 heterocycles. The first-order valence-corrected chi connectivity index (χ1v) is 10.4. The van der Waals surface area contributed by atoms with E-state index in [-0.39, 0.29) is 11.3 Å². The highest BCUT2D eigenvalue weighted by atomic mass is 35.5. The van der Waals surface area contributed by atoms with Gasteiger partial charge in [-0.3, -0.25) is 4.79 Å². The van der Waals surface area contributed by atoms with E-state index in [1.54, 1.807) is 56.7 Å². The predicted molar refractivity (Wildman–Crippen MR) is 124 cm³/mol. The molecule has 0 spiro atoms. The molecule has 0 fully saturated rings. The van der Waals surface area contributed by atoms with Crippen molar-refractivity contribution >= 4 is 28.8 Å². The Morgan fingerprint density at radius 1 is 1.06 bits per heavy atom. The molecule has 4 rings (SSSR count). The Bertz CT molecular complexity index is 1290. The zero-order valence-electron chi connectivity index (χ0n) is 18.5. The Labute approximate surface area is 190 Å². The first-order chi connectivity index (χ1) is 15.2. The van der Waals surface area contributed by atoms with Gasteiger partial charge in [-0.05, 0) is 42.5 Å². The van der Waals surface area contributed by atoms with Crippen LogP contribution in [0, 0.1) is 0 Å². The summed E-state index contributed by atoms with van der Waals surface area (Å²) in [6.07, 6.45) is 0. The average Bonchev–Trinajstić information content (AvgIpc) is 3.33. The molecule has 0 saturated heterocycles. The topological polar surface area (TPSA) is 93.5 Å². The summed E-state index contributed by atoms with van der Waals surface area (Å²) in [6.45, 7) is 6.12. The summed E-state index contributed by atoms with van der Waals surface area (Å²) in [5.41, 5.74) is 2.92. The maximum Gasteiger partial charge on any atom is 0.255 e. The van der Waals surface area contributed by atoms with E-state index in [4.69, 9.17) is 21.1 Å². The van der Waals surface area contributed by atoms with Crippen molar-refractivity contribution in [1.82, 2.24) is 19.8 Å². The number of halogens is 1. The lowest BCUT2D eigenvalue weighted by Gasteiger charge is -2.14. The normalized spacial score (nSPS) is 11.6. The lowest BCUT2D eigenvalue weighted by Crippen LogP contribution is -2.13. The molecule has 9 heteroatoms. The van der Waals surface area contributed by atoms with Crippen molar-refractivity contribution in [3.63, 3.8) is 0 Å². The van der Waals surface area contributed by atoms with Gasteiger partial charge in [0.1, 0.15) is 16.5 Å². The average molecular weight is 454 g/mol. The van der Waals surface area contributed by atoms with Crippen LogP contribution in [0.2, 0.25) is 5.02 Å². The first-order valence-electron chi connectivity index (χ1n) is 10.00. The lowest BCUT2D eigenvalue weighted by atomic mass is 9.92. The number of carbonyl (C=O) groups excluding carboxylic acids is 1. The number of carbonyl (C=O) groups is 1. The summed E-state index contributed by atoms with van der Waals surface area (Å²) in [5.74, 6) is 1.56. The molecule has 8 nitrogen and oxygen atoms in total. The van der Waals surface area contributed by atoms with Gasteiger partial charge in [0.25, 0.3) is 5.91 Å². The SMILES string of the molecule is COc1ccc(C(=O)Nc2ccc(OC)c(-c3nn4nc(C(C)(C)C)c(Cl)c4[nH]3)c2)cc1. The molecule has 0 aliphatic heterocycles. The number of amides is 1. The van der Waals surface area contributed by atoms with E-state index in [2.05, 4.69) is 20.5 Å². The number of nitrogens with one attached hydrogen (secondary N) is 2. The molecule has 2 N–H and O–H groups in total. The minimum Gasteiger partial charge on any atom is -0.497 e. The third kappa shape index (κ3) is 4.01. The fourth-order valence-corrected chi connectivity index (χ4v) is 3.76. The molecule has 0 bridgehead atoms. The van der Waals surface area contributed by atoms with Crippen LogP contribution >= 0.6 is 11.6 Å². The number of benzene rings is 2. The molecule has 32 heavy (non-hydrogen) atoms. The van der Waals surface area contributed by atoms with E-state index in [0.29, 0.717) is 44.8 Å². The van der Waals surface area contributed by atoms with Gasteiger partial charge in [0.15, 0.2) is 11.5 Å². The number of nitrogens with zero attached hydrogens (tertiary/aromatic N) is 3. The van der Waals surface area contributed by atoms with Crippen LogP contribution in [0.3, 0.4) is 0 Å². The van der Waals surface area contributed by atoms with Gasteiger partial charge >= 0.3 is 0 Å². The van der Waals surface area contributed by atoms with Gasteiger partial charge in [-0.15, -0.1) is 9.73 Å². The molecule has 0 unspecified atom stereocenters. The van der Waals surface area contributed by atoms with E-state index >= 15 is 0 Å². The maximum atomic E-state index is 12.7. The van der Waals surface area contributed by atoms with Gasteiger partial charge < -0.3 is 19.8 Å². The molecule has 0 aliphatic rings. The summed E-state index contributed by atoms with van der Waals surface area (Å²) >= 11 is 6.55. The molecule has 2 aromatic heterocycles. The Hall–Kier alpha value is -3.52. The third-order valence-electron chi connectivity index (χ3n) is 5.02. The van der Waals surface area contributed by atoms with Crippen molar-refractivity contribution in [3.8, 4) is 22.9 Å². The molecule has 1 amide bonds. The van der Waals surface area contributed by atoms with E-state index in [9.17, 15) is 4.79 Å². The maximum absolute atomic E-state index is 12.7. The highest BCUT2D eigenvalue weighted by molar-refractivity contribution is 6.34. The lowest BCUT2D eigenvalue weighted by molar-refractivity contribution is 0.102. The molecular formula is C23H24ClN5O3. The Morgan fingerprint density at radius 3 is 2.38 bits per heavy atom. The fourth-order valence-electron chi connectivity index (χ4n) is 3.31. The molecule has 0 radical (unpaired) electrons. The van der Waals surface area contributed by atoms with Crippen molar-refractivity contribution in [2.45, 2.75) is 26.2 Å². The number of H-pyrrole nitrogens is 1. The van der Waals surface area contributed by atoms with Gasteiger partial charge in [-0.2, -0.15) is 5.10 Å². The second kappa shape index (κ2) is 8.20. The standard InChI is InChI=1S/C23H24ClN5O3/c1-23(2,3)19-18(24)21-26-20(28-29(21)27-19)16-12-14(8-11-17(16)32-5)25-22(30)13-6-9-15(31-4)10-7-13/h6-12H,1-5H3,(H,25,30)(H,26,28). The minimum atomic E-state index is -0.240. The smallest absolute Gasteiger partial charge is 0.255 e. The summed E-state index contributed by atoms with van der Waals surface area (Å²) in [6, 6.07) is 12.2. The number of anilines is 1. The van der Waals surface area contributed by atoms with Crippen LogP contribution in [0.1, 0.15) is 36.8 Å². The van der Waals surface area contributed by atoms with Crippen LogP contribution in [0.4, 0.5) is 5.69 Å². The fraction of sp³-hybridized carbons (Fsp3) is 0.261. The number of methoxy groups -OCH3 is 2. The number of ether oxygens (including phenoxy) is 2. The monoisotopic (exact) mass is 453 g/mol. The van der Waals surface area contributed by atoms with Crippen LogP contribution in [0.15, 0.2) is 42.5 Å². The number of hydrogen-bond donors (Lipinski definition) is 2. The van der Waals surface area contributed by atoms with Crippen molar-refractivity contribution in [3.05, 3.63) is 58.7 Å². The van der Waals surface area contributed by atoms with E-state index in [0.717, 1.165) is 5.69 Å². The molecule has 2 aromatic carbocycles. The van der Waals surface area contributed by atoms with Crippen LogP contribution in [0.25, 0.3) is 17.0 Å². The van der Waals surface area contributed by atoms with E-state index in [1.807, 2.05) is 20.8 Å². The van der Waals surface area contributed by atoms with Crippen LogP contribution in [0.5, 0.6) is 11.5 Å². The Balaban J connectivity index is 1.67. The number of aromatic nitrogens is 4. The summed E-state index contributed by atoms with van der Waals surface area (Å²) in [7, 11) is 3.16. The van der Waals surface area contributed by atoms with E-state index in [1.165, 1.54) is 4.63 Å². The summed E-state index contributed by atoms with van der Waals surface area (Å²) in [5, 5.41) is 12.5. The molecule has 4 aromatic rings. The van der Waals surface area contributed by atoms with Gasteiger partial charge in [-0.1, -0.05) is 32.4 Å². The highest BCUT2D eigenvalue weighted by Gasteiger charge is 2.25. The van der Waals surface area contributed by atoms with Crippen molar-refractivity contribution in [2.75, 3.05) is 19.5 Å². The Morgan fingerprint density at radius 2 is 1.78 bits per heavy atom. The quantitative estimate of drug-likeness (QED) is 0.446. The van der Waals surface area contributed by atoms with Crippen molar-refractivity contribution in [2.24, 2.45) is 0 Å². The van der Waals surface area contributed by atoms with Crippen molar-refractivity contribution in [1.29, 1.82) is 0 Å². The Kier molecular flexibility index (Phi) is 5.56. The zero-order valence-corrected chi connectivity index (χ0v) is 19.2. The van der Waals surface area contributed by atoms with Crippen molar-refractivity contribution < 1.29 is 14.3 Å². The predicted octanol–water partition coefficient (Wildman–Crippen LogP) is 4.94. The molecule has 0 aliphatic carbocycles. The summed E-state index contributed by atoms with van der Waals surface area (Å²) in [4.78, 5) is 15.9. The summed E-state index contributed by atoms with van der Waals surface area (Å²) < 4.78 is 12.1. The van der Waals surface area contributed by atoms with E-state index < -0.39 is 0 Å². The van der Waals surface area contributed by atoms with Gasteiger partial charge in [-0.25, -0.2) is 0 Å². The second-order valence-corrected chi connectivity index (χ2v) is 8.70. The van der Waals surface area contributed by atoms with Crippen LogP contribution < -0.4 is 14.8 Å². The minimum absolute atomic E-state index is 0.213. The second-order valence-electron chi connectivity index (χ2n) is 8.32. The number of aromatic amines is 1. The van der Waals surface area contributed by atoms with Gasteiger partial charge in [0, 0.05) is 16.7 Å². The first kappa shape index (κ1) is 21.7. The number of rotatable bonds is 5. The molecule has 0 atom stereocenters. The third-order valence-corrected chi connectivity index (χ3v) is 5.38. The van der Waals surface area contributed by atoms with Gasteiger partial charge in [0.2, 0.25) is 0 Å². The van der Waals surface area contributed by atoms with Crippen LogP contribution in [-0.4, -0.2) is 39.9 Å². The van der Waals surface area contributed by atoms with Crippen LogP contribution in [-0.2, 0) is 5.41 Å². The zero-order chi connectivity index (χ0) is 23.0. The number of fused-ring (bicyclic) bond motifs is 1.